The number of carbonyl (C=O) groups is 1. The topological polar surface area (TPSA) is 80.5 Å². The fourth-order valence-corrected chi connectivity index (χ4v) is 4.20. The van der Waals surface area contributed by atoms with E-state index in [1.54, 1.807) is 0 Å². The van der Waals surface area contributed by atoms with E-state index in [4.69, 9.17) is 5.73 Å². The summed E-state index contributed by atoms with van der Waals surface area (Å²) in [4.78, 5) is 11.8. The van der Waals surface area contributed by atoms with Gasteiger partial charge in [0.25, 0.3) is 15.9 Å². The fraction of sp³-hybridized carbons (Fsp3) is 0.900. The SMILES string of the molecule is CC1(C)C(=O)N(C2CCCCC2N)S1(=O)=O. The highest BCUT2D eigenvalue weighted by Gasteiger charge is 2.62. The molecule has 0 aromatic rings. The molecule has 1 saturated heterocycles. The maximum atomic E-state index is 12.0. The van der Waals surface area contributed by atoms with Crippen molar-refractivity contribution in [1.29, 1.82) is 0 Å². The highest BCUT2D eigenvalue weighted by atomic mass is 32.2. The van der Waals surface area contributed by atoms with E-state index in [1.165, 1.54) is 13.8 Å². The van der Waals surface area contributed by atoms with Crippen LogP contribution in [0.1, 0.15) is 39.5 Å². The zero-order valence-electron chi connectivity index (χ0n) is 9.64. The molecule has 0 radical (unpaired) electrons. The van der Waals surface area contributed by atoms with E-state index in [1.807, 2.05) is 0 Å². The van der Waals surface area contributed by atoms with E-state index in [9.17, 15) is 13.2 Å². The van der Waals surface area contributed by atoms with Crippen molar-refractivity contribution in [3.63, 3.8) is 0 Å². The highest BCUT2D eigenvalue weighted by molar-refractivity contribution is 7.94. The molecule has 1 saturated carbocycles. The Morgan fingerprint density at radius 3 is 2.38 bits per heavy atom. The zero-order valence-corrected chi connectivity index (χ0v) is 10.5. The van der Waals surface area contributed by atoms with Crippen LogP contribution in [0.15, 0.2) is 0 Å². The maximum absolute atomic E-state index is 12.0. The number of hydrogen-bond acceptors (Lipinski definition) is 4. The Morgan fingerprint density at radius 1 is 1.31 bits per heavy atom. The summed E-state index contributed by atoms with van der Waals surface area (Å²) in [6.07, 6.45) is 3.45. The largest absolute Gasteiger partial charge is 0.326 e. The van der Waals surface area contributed by atoms with E-state index < -0.39 is 14.8 Å². The van der Waals surface area contributed by atoms with Crippen LogP contribution in [0.3, 0.4) is 0 Å². The Hall–Kier alpha value is -0.620. The van der Waals surface area contributed by atoms with Crippen LogP contribution in [0.5, 0.6) is 0 Å². The third kappa shape index (κ3) is 1.32. The minimum absolute atomic E-state index is 0.205. The molecular weight excluding hydrogens is 228 g/mol. The Labute approximate surface area is 96.0 Å². The van der Waals surface area contributed by atoms with Crippen molar-refractivity contribution in [3.8, 4) is 0 Å². The lowest BCUT2D eigenvalue weighted by Crippen LogP contribution is -2.72. The number of hydrogen-bond donors (Lipinski definition) is 1. The average Bonchev–Trinajstić information content (AvgIpc) is 2.20. The number of rotatable bonds is 1. The Kier molecular flexibility index (Phi) is 2.54. The molecule has 1 aliphatic heterocycles. The van der Waals surface area contributed by atoms with Gasteiger partial charge in [-0.3, -0.25) is 4.79 Å². The molecule has 2 rings (SSSR count). The highest BCUT2D eigenvalue weighted by Crippen LogP contribution is 2.39. The molecule has 2 N–H and O–H groups in total. The van der Waals surface area contributed by atoms with Gasteiger partial charge in [0.05, 0.1) is 6.04 Å². The van der Waals surface area contributed by atoms with Gasteiger partial charge in [-0.15, -0.1) is 0 Å². The summed E-state index contributed by atoms with van der Waals surface area (Å²) in [5.74, 6) is -0.310. The fourth-order valence-electron chi connectivity index (χ4n) is 2.45. The molecule has 1 heterocycles. The van der Waals surface area contributed by atoms with Crippen molar-refractivity contribution in [1.82, 2.24) is 4.31 Å². The van der Waals surface area contributed by atoms with Crippen molar-refractivity contribution in [2.75, 3.05) is 0 Å². The summed E-state index contributed by atoms with van der Waals surface area (Å²) < 4.78 is 23.7. The van der Waals surface area contributed by atoms with Gasteiger partial charge in [-0.2, -0.15) is 0 Å². The van der Waals surface area contributed by atoms with Crippen LogP contribution in [-0.2, 0) is 14.8 Å². The van der Waals surface area contributed by atoms with Crippen LogP contribution in [0.25, 0.3) is 0 Å². The van der Waals surface area contributed by atoms with Gasteiger partial charge in [0.2, 0.25) is 0 Å². The van der Waals surface area contributed by atoms with E-state index in [-0.39, 0.29) is 18.0 Å². The first kappa shape index (κ1) is 11.9. The van der Waals surface area contributed by atoms with Crippen molar-refractivity contribution < 1.29 is 13.2 Å². The van der Waals surface area contributed by atoms with E-state index in [2.05, 4.69) is 0 Å². The second-order valence-corrected chi connectivity index (χ2v) is 7.50. The third-order valence-corrected chi connectivity index (χ3v) is 6.12. The van der Waals surface area contributed by atoms with Crippen molar-refractivity contribution in [3.05, 3.63) is 0 Å². The first-order valence-corrected chi connectivity index (χ1v) is 7.08. The predicted molar refractivity (Wildman–Crippen MR) is 60.1 cm³/mol. The van der Waals surface area contributed by atoms with Crippen LogP contribution in [0.2, 0.25) is 0 Å². The average molecular weight is 246 g/mol. The molecule has 92 valence electrons. The molecule has 1 amide bonds. The van der Waals surface area contributed by atoms with Crippen LogP contribution in [0, 0.1) is 0 Å². The van der Waals surface area contributed by atoms with Gasteiger partial charge in [0, 0.05) is 6.04 Å². The molecule has 0 aromatic carbocycles. The van der Waals surface area contributed by atoms with E-state index in [0.717, 1.165) is 23.6 Å². The zero-order chi connectivity index (χ0) is 12.1. The Balaban J connectivity index is 2.27. The molecule has 0 spiro atoms. The van der Waals surface area contributed by atoms with Crippen LogP contribution in [0.4, 0.5) is 0 Å². The maximum Gasteiger partial charge on any atom is 0.259 e. The van der Waals surface area contributed by atoms with Crippen molar-refractivity contribution in [2.24, 2.45) is 5.73 Å². The number of amides is 1. The minimum atomic E-state index is -3.48. The molecule has 2 unspecified atom stereocenters. The van der Waals surface area contributed by atoms with E-state index in [0.29, 0.717) is 6.42 Å². The summed E-state index contributed by atoms with van der Waals surface area (Å²) in [6, 6.07) is -0.525. The second kappa shape index (κ2) is 3.43. The lowest BCUT2D eigenvalue weighted by molar-refractivity contribution is -0.134. The summed E-state index contributed by atoms with van der Waals surface area (Å²) in [7, 11) is -3.48. The van der Waals surface area contributed by atoms with Gasteiger partial charge >= 0.3 is 0 Å². The van der Waals surface area contributed by atoms with Gasteiger partial charge in [0.15, 0.2) is 4.75 Å². The van der Waals surface area contributed by atoms with Crippen LogP contribution >= 0.6 is 0 Å². The van der Waals surface area contributed by atoms with Crippen molar-refractivity contribution in [2.45, 2.75) is 56.4 Å². The quantitative estimate of drug-likeness (QED) is 0.717. The summed E-state index contributed by atoms with van der Waals surface area (Å²) in [5, 5.41) is 0. The molecule has 5 nitrogen and oxygen atoms in total. The predicted octanol–water partition coefficient (Wildman–Crippen LogP) is 0.207. The summed E-state index contributed by atoms with van der Waals surface area (Å²) in [6.45, 7) is 2.91. The van der Waals surface area contributed by atoms with Gasteiger partial charge in [0.1, 0.15) is 0 Å². The molecule has 0 aromatic heterocycles. The second-order valence-electron chi connectivity index (χ2n) is 5.13. The molecule has 16 heavy (non-hydrogen) atoms. The molecule has 2 atom stereocenters. The molecule has 6 heteroatoms. The first-order chi connectivity index (χ1) is 7.30. The molecule has 1 aliphatic carbocycles. The van der Waals surface area contributed by atoms with Crippen LogP contribution in [-0.4, -0.2) is 35.5 Å². The lowest BCUT2D eigenvalue weighted by atomic mass is 9.90. The molecular formula is C10H18N2O3S. The van der Waals surface area contributed by atoms with Gasteiger partial charge in [-0.25, -0.2) is 12.7 Å². The van der Waals surface area contributed by atoms with Crippen LogP contribution < -0.4 is 5.73 Å². The van der Waals surface area contributed by atoms with Gasteiger partial charge in [-0.1, -0.05) is 12.8 Å². The lowest BCUT2D eigenvalue weighted by Gasteiger charge is -2.49. The smallest absolute Gasteiger partial charge is 0.259 e. The molecule has 2 aliphatic rings. The Bertz CT molecular complexity index is 416. The summed E-state index contributed by atoms with van der Waals surface area (Å²) >= 11 is 0. The number of carbonyl (C=O) groups excluding carboxylic acids is 1. The monoisotopic (exact) mass is 246 g/mol. The third-order valence-electron chi connectivity index (χ3n) is 3.70. The molecule has 0 bridgehead atoms. The number of nitrogens with two attached hydrogens (primary N) is 1. The first-order valence-electron chi connectivity index (χ1n) is 5.64. The van der Waals surface area contributed by atoms with Gasteiger partial charge in [-0.05, 0) is 26.7 Å². The van der Waals surface area contributed by atoms with Crippen molar-refractivity contribution >= 4 is 15.9 Å². The normalized spacial score (nSPS) is 36.9. The Morgan fingerprint density at radius 2 is 1.88 bits per heavy atom. The number of nitrogens with zero attached hydrogens (tertiary/aromatic N) is 1. The standard InChI is InChI=1S/C10H18N2O3S/c1-10(2)9(13)12(16(10,14)15)8-6-4-3-5-7(8)11/h7-8H,3-6,11H2,1-2H3. The number of sulfonamides is 1. The minimum Gasteiger partial charge on any atom is -0.326 e. The molecule has 2 fully saturated rings. The van der Waals surface area contributed by atoms with Gasteiger partial charge < -0.3 is 5.73 Å². The van der Waals surface area contributed by atoms with E-state index >= 15 is 0 Å². The summed E-state index contributed by atoms with van der Waals surface area (Å²) in [5.41, 5.74) is 5.90.